The molecule has 0 radical (unpaired) electrons. The van der Waals surface area contributed by atoms with Crippen molar-refractivity contribution in [2.45, 2.75) is 51.2 Å². The molecule has 172 valence electrons. The Morgan fingerprint density at radius 1 is 1.09 bits per heavy atom. The first-order chi connectivity index (χ1) is 16.1. The summed E-state index contributed by atoms with van der Waals surface area (Å²) in [4.78, 5) is 25.2. The Kier molecular flexibility index (Phi) is 6.09. The number of hydrogen-bond acceptors (Lipinski definition) is 7. The van der Waals surface area contributed by atoms with Crippen LogP contribution in [0.25, 0.3) is 16.6 Å². The standard InChI is InChI=1S/C25H28N4O4/c1-16-26-10-7-23(28-16)33-20-5-3-19(4-6-20)32-22-14-18(17-8-11-31-12-9-17)13-21-25(22)29(2)24(30)15-27-21/h7-8,10,13-15,19-20H,3-6,9,11-12H2,1-2H3. The first kappa shape index (κ1) is 21.6. The summed E-state index contributed by atoms with van der Waals surface area (Å²) in [5.41, 5.74) is 3.63. The summed E-state index contributed by atoms with van der Waals surface area (Å²) in [5, 5.41) is 0. The molecule has 5 rings (SSSR count). The van der Waals surface area contributed by atoms with Gasteiger partial charge in [-0.2, -0.15) is 4.98 Å². The lowest BCUT2D eigenvalue weighted by Crippen LogP contribution is -2.30. The summed E-state index contributed by atoms with van der Waals surface area (Å²) < 4.78 is 19.7. The van der Waals surface area contributed by atoms with E-state index in [0.717, 1.165) is 48.7 Å². The normalized spacial score (nSPS) is 21.0. The van der Waals surface area contributed by atoms with Crippen LogP contribution in [0, 0.1) is 6.92 Å². The van der Waals surface area contributed by atoms with Crippen LogP contribution in [0.3, 0.4) is 0 Å². The highest BCUT2D eigenvalue weighted by molar-refractivity contribution is 5.86. The minimum Gasteiger partial charge on any atom is -0.488 e. The highest BCUT2D eigenvalue weighted by Crippen LogP contribution is 2.34. The van der Waals surface area contributed by atoms with Crippen molar-refractivity contribution in [3.63, 3.8) is 0 Å². The zero-order chi connectivity index (χ0) is 22.8. The van der Waals surface area contributed by atoms with Crippen molar-refractivity contribution >= 4 is 16.6 Å². The maximum atomic E-state index is 12.3. The Labute approximate surface area is 192 Å². The molecule has 8 nitrogen and oxygen atoms in total. The van der Waals surface area contributed by atoms with Crippen molar-refractivity contribution in [3.05, 3.63) is 58.4 Å². The summed E-state index contributed by atoms with van der Waals surface area (Å²) in [6.07, 6.45) is 9.69. The van der Waals surface area contributed by atoms with Gasteiger partial charge in [0, 0.05) is 19.3 Å². The van der Waals surface area contributed by atoms with Crippen LogP contribution in [-0.4, -0.2) is 44.9 Å². The Morgan fingerprint density at radius 2 is 1.88 bits per heavy atom. The second-order valence-corrected chi connectivity index (χ2v) is 8.63. The minimum atomic E-state index is -0.150. The molecule has 8 heteroatoms. The SMILES string of the molecule is Cc1nccc(OC2CCC(Oc3cc(C4=CCOCC4)cc4ncc(=O)n(C)c34)CC2)n1. The fraction of sp³-hybridized carbons (Fsp3) is 0.440. The molecule has 3 aromatic rings. The van der Waals surface area contributed by atoms with Crippen molar-refractivity contribution < 1.29 is 14.2 Å². The summed E-state index contributed by atoms with van der Waals surface area (Å²) in [6, 6.07) is 5.88. The van der Waals surface area contributed by atoms with Crippen molar-refractivity contribution in [2.24, 2.45) is 7.05 Å². The van der Waals surface area contributed by atoms with E-state index in [-0.39, 0.29) is 17.8 Å². The van der Waals surface area contributed by atoms with Gasteiger partial charge in [-0.05, 0) is 62.3 Å². The third-order valence-corrected chi connectivity index (χ3v) is 6.32. The molecular formula is C25H28N4O4. The number of benzene rings is 1. The predicted octanol–water partition coefficient (Wildman–Crippen LogP) is 3.60. The van der Waals surface area contributed by atoms with E-state index in [4.69, 9.17) is 14.2 Å². The molecule has 1 saturated carbocycles. The third kappa shape index (κ3) is 4.75. The number of fused-ring (bicyclic) bond motifs is 1. The largest absolute Gasteiger partial charge is 0.488 e. The maximum Gasteiger partial charge on any atom is 0.269 e. The second-order valence-electron chi connectivity index (χ2n) is 8.63. The molecule has 33 heavy (non-hydrogen) atoms. The van der Waals surface area contributed by atoms with Crippen LogP contribution in [-0.2, 0) is 11.8 Å². The zero-order valence-corrected chi connectivity index (χ0v) is 19.0. The molecule has 1 aromatic carbocycles. The average molecular weight is 449 g/mol. The first-order valence-corrected chi connectivity index (χ1v) is 11.5. The third-order valence-electron chi connectivity index (χ3n) is 6.32. The summed E-state index contributed by atoms with van der Waals surface area (Å²) in [5.74, 6) is 2.03. The van der Waals surface area contributed by atoms with Gasteiger partial charge < -0.3 is 18.8 Å². The summed E-state index contributed by atoms with van der Waals surface area (Å²) in [6.45, 7) is 3.17. The van der Waals surface area contributed by atoms with Crippen LogP contribution < -0.4 is 15.0 Å². The van der Waals surface area contributed by atoms with Crippen molar-refractivity contribution in [1.82, 2.24) is 19.5 Å². The Hall–Kier alpha value is -3.26. The molecule has 1 aliphatic carbocycles. The molecule has 1 fully saturated rings. The van der Waals surface area contributed by atoms with Gasteiger partial charge in [-0.1, -0.05) is 6.08 Å². The van der Waals surface area contributed by atoms with E-state index >= 15 is 0 Å². The molecule has 2 aliphatic rings. The van der Waals surface area contributed by atoms with E-state index in [2.05, 4.69) is 21.0 Å². The maximum absolute atomic E-state index is 12.3. The lowest BCUT2D eigenvalue weighted by Gasteiger charge is -2.29. The zero-order valence-electron chi connectivity index (χ0n) is 19.0. The minimum absolute atomic E-state index is 0.0504. The van der Waals surface area contributed by atoms with Gasteiger partial charge in [0.15, 0.2) is 0 Å². The van der Waals surface area contributed by atoms with Gasteiger partial charge in [-0.25, -0.2) is 9.97 Å². The van der Waals surface area contributed by atoms with Crippen LogP contribution >= 0.6 is 0 Å². The Morgan fingerprint density at radius 3 is 2.61 bits per heavy atom. The number of rotatable bonds is 5. The fourth-order valence-corrected chi connectivity index (χ4v) is 4.53. The smallest absolute Gasteiger partial charge is 0.269 e. The van der Waals surface area contributed by atoms with Crippen LogP contribution in [0.15, 0.2) is 41.5 Å². The van der Waals surface area contributed by atoms with E-state index in [0.29, 0.717) is 30.7 Å². The monoisotopic (exact) mass is 448 g/mol. The van der Waals surface area contributed by atoms with E-state index in [1.807, 2.05) is 19.1 Å². The van der Waals surface area contributed by atoms with Gasteiger partial charge in [0.25, 0.3) is 5.56 Å². The second kappa shape index (κ2) is 9.31. The molecule has 1 aliphatic heterocycles. The number of hydrogen-bond donors (Lipinski definition) is 0. The van der Waals surface area contributed by atoms with Crippen LogP contribution in [0.2, 0.25) is 0 Å². The summed E-state index contributed by atoms with van der Waals surface area (Å²) in [7, 11) is 1.76. The van der Waals surface area contributed by atoms with E-state index < -0.39 is 0 Å². The molecule has 0 atom stereocenters. The number of aryl methyl sites for hydroxylation is 2. The molecule has 0 amide bonds. The topological polar surface area (TPSA) is 88.4 Å². The van der Waals surface area contributed by atoms with Gasteiger partial charge in [0.2, 0.25) is 5.88 Å². The molecule has 0 bridgehead atoms. The first-order valence-electron chi connectivity index (χ1n) is 11.5. The molecular weight excluding hydrogens is 420 g/mol. The highest BCUT2D eigenvalue weighted by atomic mass is 16.5. The van der Waals surface area contributed by atoms with E-state index in [9.17, 15) is 4.79 Å². The number of nitrogens with zero attached hydrogens (tertiary/aromatic N) is 4. The van der Waals surface area contributed by atoms with Crippen molar-refractivity contribution in [3.8, 4) is 11.6 Å². The van der Waals surface area contributed by atoms with E-state index in [1.165, 1.54) is 11.8 Å². The average Bonchev–Trinajstić information content (AvgIpc) is 2.83. The molecule has 0 spiro atoms. The van der Waals surface area contributed by atoms with Crippen molar-refractivity contribution in [2.75, 3.05) is 13.2 Å². The summed E-state index contributed by atoms with van der Waals surface area (Å²) >= 11 is 0. The van der Waals surface area contributed by atoms with Crippen LogP contribution in [0.5, 0.6) is 11.6 Å². The van der Waals surface area contributed by atoms with E-state index in [1.54, 1.807) is 23.9 Å². The predicted molar refractivity (Wildman–Crippen MR) is 124 cm³/mol. The lowest BCUT2D eigenvalue weighted by atomic mass is 9.94. The fourth-order valence-electron chi connectivity index (χ4n) is 4.53. The molecule has 0 N–H and O–H groups in total. The highest BCUT2D eigenvalue weighted by Gasteiger charge is 2.25. The lowest BCUT2D eigenvalue weighted by molar-refractivity contribution is 0.0784. The van der Waals surface area contributed by atoms with Gasteiger partial charge in [0.05, 0.1) is 31.0 Å². The van der Waals surface area contributed by atoms with Crippen LogP contribution in [0.4, 0.5) is 0 Å². The molecule has 2 aromatic heterocycles. The van der Waals surface area contributed by atoms with Gasteiger partial charge in [-0.15, -0.1) is 0 Å². The van der Waals surface area contributed by atoms with Gasteiger partial charge >= 0.3 is 0 Å². The Balaban J connectivity index is 1.36. The Bertz CT molecular complexity index is 1240. The van der Waals surface area contributed by atoms with Crippen LogP contribution in [0.1, 0.15) is 43.5 Å². The quantitative estimate of drug-likeness (QED) is 0.589. The number of aromatic nitrogens is 4. The number of ether oxygens (including phenoxy) is 3. The van der Waals surface area contributed by atoms with Gasteiger partial charge in [0.1, 0.15) is 23.2 Å². The van der Waals surface area contributed by atoms with Crippen molar-refractivity contribution in [1.29, 1.82) is 0 Å². The molecule has 0 unspecified atom stereocenters. The van der Waals surface area contributed by atoms with Gasteiger partial charge in [-0.3, -0.25) is 4.79 Å². The molecule has 3 heterocycles. The molecule has 0 saturated heterocycles.